The molecule has 1 heterocycles. The SMILES string of the molecule is C#Cc1ccc(C(=O)c2ccccc2)c(NC(=O)c2ccc3ccccc3n2)c1. The molecule has 3 aromatic carbocycles. The number of carbonyl (C=O) groups excluding carboxylic acids is 2. The lowest BCUT2D eigenvalue weighted by Gasteiger charge is -2.11. The number of fused-ring (bicyclic) bond motifs is 1. The van der Waals surface area contributed by atoms with Gasteiger partial charge in [0.2, 0.25) is 0 Å². The number of nitrogens with one attached hydrogen (secondary N) is 1. The van der Waals surface area contributed by atoms with Crippen LogP contribution in [0.5, 0.6) is 0 Å². The molecule has 0 radical (unpaired) electrons. The molecule has 0 unspecified atom stereocenters. The van der Waals surface area contributed by atoms with Crippen molar-refractivity contribution in [3.8, 4) is 12.3 Å². The maximum Gasteiger partial charge on any atom is 0.274 e. The highest BCUT2D eigenvalue weighted by Gasteiger charge is 2.17. The Bertz CT molecular complexity index is 1270. The van der Waals surface area contributed by atoms with Gasteiger partial charge in [0, 0.05) is 22.1 Å². The van der Waals surface area contributed by atoms with E-state index in [0.717, 1.165) is 10.9 Å². The molecule has 0 aliphatic rings. The number of amides is 1. The molecule has 0 spiro atoms. The Labute approximate surface area is 168 Å². The van der Waals surface area contributed by atoms with Crippen LogP contribution in [0.15, 0.2) is 84.9 Å². The summed E-state index contributed by atoms with van der Waals surface area (Å²) in [5.74, 6) is 1.92. The first-order valence-electron chi connectivity index (χ1n) is 9.03. The third-order valence-electron chi connectivity index (χ3n) is 4.55. The van der Waals surface area contributed by atoms with Gasteiger partial charge in [0.25, 0.3) is 5.91 Å². The zero-order valence-electron chi connectivity index (χ0n) is 15.4. The molecule has 4 nitrogen and oxygen atoms in total. The number of carbonyl (C=O) groups is 2. The number of aromatic nitrogens is 1. The third-order valence-corrected chi connectivity index (χ3v) is 4.55. The highest BCUT2D eigenvalue weighted by molar-refractivity contribution is 6.15. The second-order valence-electron chi connectivity index (χ2n) is 6.44. The highest BCUT2D eigenvalue weighted by atomic mass is 16.2. The number of terminal acetylenes is 1. The summed E-state index contributed by atoms with van der Waals surface area (Å²) in [5.41, 5.74) is 2.79. The van der Waals surface area contributed by atoms with E-state index in [4.69, 9.17) is 6.42 Å². The minimum absolute atomic E-state index is 0.198. The lowest BCUT2D eigenvalue weighted by molar-refractivity contribution is 0.102. The van der Waals surface area contributed by atoms with E-state index in [-0.39, 0.29) is 11.5 Å². The smallest absolute Gasteiger partial charge is 0.274 e. The molecule has 1 N–H and O–H groups in total. The van der Waals surface area contributed by atoms with E-state index in [9.17, 15) is 9.59 Å². The van der Waals surface area contributed by atoms with E-state index in [1.165, 1.54) is 0 Å². The second-order valence-corrected chi connectivity index (χ2v) is 6.44. The normalized spacial score (nSPS) is 10.3. The van der Waals surface area contributed by atoms with Crippen LogP contribution in [0.4, 0.5) is 5.69 Å². The number of rotatable bonds is 4. The summed E-state index contributed by atoms with van der Waals surface area (Å²) < 4.78 is 0. The molecule has 4 aromatic rings. The molecule has 0 aliphatic heterocycles. The zero-order chi connectivity index (χ0) is 20.2. The monoisotopic (exact) mass is 376 g/mol. The molecule has 0 fully saturated rings. The van der Waals surface area contributed by atoms with Gasteiger partial charge in [0.15, 0.2) is 5.78 Å². The van der Waals surface area contributed by atoms with Crippen molar-refractivity contribution >= 4 is 28.3 Å². The molecule has 29 heavy (non-hydrogen) atoms. The van der Waals surface area contributed by atoms with Crippen molar-refractivity contribution in [3.63, 3.8) is 0 Å². The average Bonchev–Trinajstić information content (AvgIpc) is 2.78. The minimum Gasteiger partial charge on any atom is -0.320 e. The number of pyridine rings is 1. The van der Waals surface area contributed by atoms with Crippen LogP contribution in [0, 0.1) is 12.3 Å². The first-order chi connectivity index (χ1) is 14.2. The molecular formula is C25H16N2O2. The van der Waals surface area contributed by atoms with Gasteiger partial charge >= 0.3 is 0 Å². The molecule has 0 aliphatic carbocycles. The quantitative estimate of drug-likeness (QED) is 0.415. The number of para-hydroxylation sites is 1. The number of ketones is 1. The molecule has 138 valence electrons. The topological polar surface area (TPSA) is 59.1 Å². The molecule has 0 atom stereocenters. The number of hydrogen-bond acceptors (Lipinski definition) is 3. The molecule has 4 heteroatoms. The zero-order valence-corrected chi connectivity index (χ0v) is 15.4. The summed E-state index contributed by atoms with van der Waals surface area (Å²) in [7, 11) is 0. The third kappa shape index (κ3) is 3.76. The fraction of sp³-hybridized carbons (Fsp3) is 0. The Hall–Kier alpha value is -4.23. The van der Waals surface area contributed by atoms with E-state index in [1.807, 2.05) is 36.4 Å². The summed E-state index contributed by atoms with van der Waals surface area (Å²) in [5, 5.41) is 3.74. The van der Waals surface area contributed by atoms with Gasteiger partial charge in [-0.05, 0) is 30.3 Å². The maximum atomic E-state index is 12.9. The standard InChI is InChI=1S/C25H16N2O2/c1-2-17-12-14-20(24(28)19-9-4-3-5-10-19)23(16-17)27-25(29)22-15-13-18-8-6-7-11-21(18)26-22/h1,3-16H,(H,27,29). The average molecular weight is 376 g/mol. The van der Waals surface area contributed by atoms with Gasteiger partial charge in [-0.2, -0.15) is 0 Å². The van der Waals surface area contributed by atoms with Crippen molar-refractivity contribution in [1.29, 1.82) is 0 Å². The number of hydrogen-bond donors (Lipinski definition) is 1. The van der Waals surface area contributed by atoms with Gasteiger partial charge < -0.3 is 5.32 Å². The summed E-state index contributed by atoms with van der Waals surface area (Å²) in [6.07, 6.45) is 5.50. The maximum absolute atomic E-state index is 12.9. The van der Waals surface area contributed by atoms with Gasteiger partial charge in [-0.1, -0.05) is 60.5 Å². The fourth-order valence-corrected chi connectivity index (χ4v) is 3.06. The lowest BCUT2D eigenvalue weighted by atomic mass is 10.00. The minimum atomic E-state index is -0.410. The van der Waals surface area contributed by atoms with E-state index < -0.39 is 5.91 Å². The molecule has 0 bridgehead atoms. The van der Waals surface area contributed by atoms with Crippen LogP contribution in [-0.2, 0) is 0 Å². The van der Waals surface area contributed by atoms with Crippen molar-refractivity contribution in [1.82, 2.24) is 4.98 Å². The molecule has 0 saturated carbocycles. The Morgan fingerprint density at radius 1 is 0.862 bits per heavy atom. The van der Waals surface area contributed by atoms with Crippen LogP contribution in [0.3, 0.4) is 0 Å². The van der Waals surface area contributed by atoms with Crippen molar-refractivity contribution in [3.05, 3.63) is 107 Å². The van der Waals surface area contributed by atoms with Crippen molar-refractivity contribution in [2.45, 2.75) is 0 Å². The Kier molecular flexibility index (Phi) is 4.88. The van der Waals surface area contributed by atoms with Crippen LogP contribution < -0.4 is 5.32 Å². The molecule has 4 rings (SSSR count). The Morgan fingerprint density at radius 3 is 2.41 bits per heavy atom. The van der Waals surface area contributed by atoms with Crippen molar-refractivity contribution < 1.29 is 9.59 Å². The largest absolute Gasteiger partial charge is 0.320 e. The van der Waals surface area contributed by atoms with Crippen LogP contribution in [-0.4, -0.2) is 16.7 Å². The van der Waals surface area contributed by atoms with E-state index in [1.54, 1.807) is 48.5 Å². The number of benzene rings is 3. The molecule has 1 aromatic heterocycles. The lowest BCUT2D eigenvalue weighted by Crippen LogP contribution is -2.16. The van der Waals surface area contributed by atoms with Gasteiger partial charge in [-0.15, -0.1) is 6.42 Å². The Morgan fingerprint density at radius 2 is 1.62 bits per heavy atom. The molecular weight excluding hydrogens is 360 g/mol. The summed E-state index contributed by atoms with van der Waals surface area (Å²) in [4.78, 5) is 30.2. The van der Waals surface area contributed by atoms with Gasteiger partial charge in [-0.3, -0.25) is 9.59 Å². The van der Waals surface area contributed by atoms with E-state index in [2.05, 4.69) is 16.2 Å². The van der Waals surface area contributed by atoms with Gasteiger partial charge in [0.05, 0.1) is 11.2 Å². The van der Waals surface area contributed by atoms with E-state index in [0.29, 0.717) is 22.4 Å². The number of anilines is 1. The first-order valence-corrected chi connectivity index (χ1v) is 9.03. The molecule has 0 saturated heterocycles. The summed E-state index contributed by atoms with van der Waals surface area (Å²) in [6.45, 7) is 0. The fourth-order valence-electron chi connectivity index (χ4n) is 3.06. The first kappa shape index (κ1) is 18.1. The van der Waals surface area contributed by atoms with E-state index >= 15 is 0 Å². The van der Waals surface area contributed by atoms with Gasteiger partial charge in [0.1, 0.15) is 5.69 Å². The Balaban J connectivity index is 1.70. The van der Waals surface area contributed by atoms with Gasteiger partial charge in [-0.25, -0.2) is 4.98 Å². The highest BCUT2D eigenvalue weighted by Crippen LogP contribution is 2.22. The molecule has 1 amide bonds. The number of nitrogens with zero attached hydrogens (tertiary/aromatic N) is 1. The van der Waals surface area contributed by atoms with Crippen molar-refractivity contribution in [2.24, 2.45) is 0 Å². The van der Waals surface area contributed by atoms with Crippen LogP contribution in [0.25, 0.3) is 10.9 Å². The summed E-state index contributed by atoms with van der Waals surface area (Å²) in [6, 6.07) is 24.9. The predicted molar refractivity (Wildman–Crippen MR) is 114 cm³/mol. The van der Waals surface area contributed by atoms with Crippen LogP contribution in [0.1, 0.15) is 32.0 Å². The van der Waals surface area contributed by atoms with Crippen LogP contribution >= 0.6 is 0 Å². The van der Waals surface area contributed by atoms with Crippen molar-refractivity contribution in [2.75, 3.05) is 5.32 Å². The van der Waals surface area contributed by atoms with Crippen LogP contribution in [0.2, 0.25) is 0 Å². The predicted octanol–water partition coefficient (Wildman–Crippen LogP) is 4.70. The summed E-state index contributed by atoms with van der Waals surface area (Å²) >= 11 is 0. The second kappa shape index (κ2) is 7.79.